The van der Waals surface area contributed by atoms with Gasteiger partial charge in [-0.1, -0.05) is 12.1 Å². The van der Waals surface area contributed by atoms with Crippen molar-refractivity contribution in [2.45, 2.75) is 25.8 Å². The largest absolute Gasteiger partial charge is 0.381 e. The Kier molecular flexibility index (Phi) is 5.96. The zero-order chi connectivity index (χ0) is 21.8. The van der Waals surface area contributed by atoms with Gasteiger partial charge in [0.15, 0.2) is 5.82 Å². The van der Waals surface area contributed by atoms with Crippen LogP contribution in [0.3, 0.4) is 0 Å². The monoisotopic (exact) mass is 417 g/mol. The highest BCUT2D eigenvalue weighted by atomic mass is 16.5. The van der Waals surface area contributed by atoms with Gasteiger partial charge in [0, 0.05) is 31.6 Å². The number of benzene rings is 1. The molecular weight excluding hydrogens is 394 g/mol. The normalized spacial score (nSPS) is 15.2. The summed E-state index contributed by atoms with van der Waals surface area (Å²) >= 11 is 0. The van der Waals surface area contributed by atoms with Crippen LogP contribution < -0.4 is 10.9 Å². The van der Waals surface area contributed by atoms with Crippen LogP contribution in [0.1, 0.15) is 35.7 Å². The molecule has 3 aromatic rings. The Morgan fingerprint density at radius 2 is 2.00 bits per heavy atom. The number of nitrogens with one attached hydrogen (secondary N) is 2. The fraction of sp³-hybridized carbons (Fsp3) is 0.304. The molecule has 0 radical (unpaired) electrons. The molecule has 0 spiro atoms. The second-order valence-corrected chi connectivity index (χ2v) is 7.63. The van der Waals surface area contributed by atoms with E-state index >= 15 is 0 Å². The Morgan fingerprint density at radius 1 is 1.26 bits per heavy atom. The number of pyridine rings is 1. The predicted octanol–water partition coefficient (Wildman–Crippen LogP) is 2.64. The third-order valence-corrected chi connectivity index (χ3v) is 5.67. The quantitative estimate of drug-likeness (QED) is 0.663. The van der Waals surface area contributed by atoms with Crippen LogP contribution in [0.2, 0.25) is 0 Å². The molecule has 1 aliphatic heterocycles. The number of carbonyl (C=O) groups excluding carboxylic acids is 1. The van der Waals surface area contributed by atoms with Gasteiger partial charge in [-0.2, -0.15) is 5.26 Å². The fourth-order valence-corrected chi connectivity index (χ4v) is 3.75. The van der Waals surface area contributed by atoms with Gasteiger partial charge in [0.25, 0.3) is 11.5 Å². The summed E-state index contributed by atoms with van der Waals surface area (Å²) in [5.41, 5.74) is 1.88. The van der Waals surface area contributed by atoms with E-state index in [1.165, 1.54) is 10.9 Å². The Labute approximate surface area is 179 Å². The number of ether oxygens (including phenoxy) is 1. The molecule has 3 heterocycles. The maximum absolute atomic E-state index is 12.8. The molecule has 158 valence electrons. The molecule has 1 aliphatic rings. The van der Waals surface area contributed by atoms with E-state index in [0.29, 0.717) is 34.0 Å². The summed E-state index contributed by atoms with van der Waals surface area (Å²) in [6, 6.07) is 12.2. The summed E-state index contributed by atoms with van der Waals surface area (Å²) in [4.78, 5) is 29.7. The predicted molar refractivity (Wildman–Crippen MR) is 115 cm³/mol. The molecule has 1 aromatic carbocycles. The van der Waals surface area contributed by atoms with Crippen molar-refractivity contribution in [3.63, 3.8) is 0 Å². The highest BCUT2D eigenvalue weighted by Gasteiger charge is 2.22. The van der Waals surface area contributed by atoms with E-state index in [0.717, 1.165) is 26.1 Å². The van der Waals surface area contributed by atoms with Gasteiger partial charge in [-0.05, 0) is 55.5 Å². The lowest BCUT2D eigenvalue weighted by Crippen LogP contribution is -2.40. The number of H-pyrrole nitrogens is 1. The first kappa shape index (κ1) is 20.6. The van der Waals surface area contributed by atoms with E-state index in [4.69, 9.17) is 10.00 Å². The lowest BCUT2D eigenvalue weighted by atomic mass is 9.93. The van der Waals surface area contributed by atoms with Crippen LogP contribution in [0.5, 0.6) is 0 Å². The van der Waals surface area contributed by atoms with E-state index in [-0.39, 0.29) is 17.5 Å². The van der Waals surface area contributed by atoms with Crippen molar-refractivity contribution < 1.29 is 9.53 Å². The molecular formula is C23H23N5O3. The Morgan fingerprint density at radius 3 is 2.65 bits per heavy atom. The average Bonchev–Trinajstić information content (AvgIpc) is 3.21. The molecule has 0 saturated carbocycles. The molecule has 1 fully saturated rings. The molecule has 1 saturated heterocycles. The summed E-state index contributed by atoms with van der Waals surface area (Å²) in [6.45, 7) is 3.48. The van der Waals surface area contributed by atoms with Crippen molar-refractivity contribution in [1.82, 2.24) is 20.1 Å². The Balaban J connectivity index is 1.48. The molecule has 2 aromatic heterocycles. The molecule has 8 heteroatoms. The van der Waals surface area contributed by atoms with E-state index < -0.39 is 0 Å². The third kappa shape index (κ3) is 4.42. The first-order valence-corrected chi connectivity index (χ1v) is 10.2. The van der Waals surface area contributed by atoms with Gasteiger partial charge in [-0.15, -0.1) is 0 Å². The molecule has 31 heavy (non-hydrogen) atoms. The lowest BCUT2D eigenvalue weighted by molar-refractivity contribution is 0.0538. The molecule has 2 N–H and O–H groups in total. The zero-order valence-electron chi connectivity index (χ0n) is 17.2. The van der Waals surface area contributed by atoms with Gasteiger partial charge >= 0.3 is 0 Å². The minimum atomic E-state index is -0.262. The van der Waals surface area contributed by atoms with Crippen LogP contribution in [0.15, 0.2) is 53.6 Å². The summed E-state index contributed by atoms with van der Waals surface area (Å²) in [5, 5.41) is 14.9. The first-order valence-electron chi connectivity index (χ1n) is 10.2. The lowest BCUT2D eigenvalue weighted by Gasteiger charge is -2.28. The number of aromatic nitrogens is 3. The third-order valence-electron chi connectivity index (χ3n) is 5.67. The molecule has 1 amide bonds. The maximum atomic E-state index is 12.8. The Bertz CT molecular complexity index is 1150. The molecule has 0 unspecified atom stereocenters. The summed E-state index contributed by atoms with van der Waals surface area (Å²) < 4.78 is 6.70. The topological polar surface area (TPSA) is 113 Å². The second kappa shape index (κ2) is 8.98. The number of nitrogens with zero attached hydrogens (tertiary/aromatic N) is 3. The zero-order valence-corrected chi connectivity index (χ0v) is 17.2. The van der Waals surface area contributed by atoms with E-state index in [1.54, 1.807) is 42.6 Å². The fourth-order valence-electron chi connectivity index (χ4n) is 3.75. The summed E-state index contributed by atoms with van der Waals surface area (Å²) in [5.74, 6) is 0.608. The summed E-state index contributed by atoms with van der Waals surface area (Å²) in [6.07, 6.45) is 4.95. The highest BCUT2D eigenvalue weighted by Crippen LogP contribution is 2.19. The van der Waals surface area contributed by atoms with Crippen LogP contribution in [0, 0.1) is 17.2 Å². The number of rotatable bonds is 5. The van der Waals surface area contributed by atoms with Gasteiger partial charge in [0.1, 0.15) is 0 Å². The maximum Gasteiger partial charge on any atom is 0.280 e. The van der Waals surface area contributed by atoms with Crippen molar-refractivity contribution >= 4 is 5.91 Å². The number of amides is 1. The van der Waals surface area contributed by atoms with E-state index in [1.807, 2.05) is 6.92 Å². The molecule has 1 atom stereocenters. The van der Waals surface area contributed by atoms with Gasteiger partial charge in [0.2, 0.25) is 0 Å². The van der Waals surface area contributed by atoms with E-state index in [9.17, 15) is 9.59 Å². The van der Waals surface area contributed by atoms with Crippen molar-refractivity contribution in [1.29, 1.82) is 5.26 Å². The number of nitriles is 1. The SMILES string of the molecule is C[C@H](NC(=O)c1ccc(-n2[nH]cc(-c3ccc(C#N)cc3)c2=O)nc1)C1CCOCC1. The van der Waals surface area contributed by atoms with Gasteiger partial charge in [-0.25, -0.2) is 9.67 Å². The van der Waals surface area contributed by atoms with Gasteiger partial charge < -0.3 is 10.1 Å². The van der Waals surface area contributed by atoms with Crippen LogP contribution in [0.4, 0.5) is 0 Å². The first-order chi connectivity index (χ1) is 15.1. The molecule has 0 aliphatic carbocycles. The van der Waals surface area contributed by atoms with Crippen molar-refractivity contribution in [2.24, 2.45) is 5.92 Å². The number of carbonyl (C=O) groups is 1. The number of aromatic amines is 1. The number of hydrogen-bond donors (Lipinski definition) is 2. The van der Waals surface area contributed by atoms with Crippen molar-refractivity contribution in [3.05, 3.63) is 70.3 Å². The van der Waals surface area contributed by atoms with Crippen LogP contribution in [0.25, 0.3) is 16.9 Å². The number of hydrogen-bond acceptors (Lipinski definition) is 5. The van der Waals surface area contributed by atoms with Crippen molar-refractivity contribution in [3.8, 4) is 23.0 Å². The molecule has 4 rings (SSSR count). The van der Waals surface area contributed by atoms with Crippen molar-refractivity contribution in [2.75, 3.05) is 13.2 Å². The standard InChI is InChI=1S/C23H23N5O3/c1-15(17-8-10-31-11-9-17)27-22(29)19-6-7-21(25-13-19)28-23(30)20(14-26-28)18-4-2-16(12-24)3-5-18/h2-7,13-15,17,26H,8-11H2,1H3,(H,27,29)/t15-/m0/s1. The Hall–Kier alpha value is -3.70. The smallest absolute Gasteiger partial charge is 0.280 e. The molecule has 0 bridgehead atoms. The van der Waals surface area contributed by atoms with Crippen LogP contribution in [-0.4, -0.2) is 39.9 Å². The summed E-state index contributed by atoms with van der Waals surface area (Å²) in [7, 11) is 0. The molecule has 8 nitrogen and oxygen atoms in total. The second-order valence-electron chi connectivity index (χ2n) is 7.63. The van der Waals surface area contributed by atoms with Gasteiger partial charge in [0.05, 0.1) is 22.8 Å². The minimum absolute atomic E-state index is 0.0529. The van der Waals surface area contributed by atoms with Gasteiger partial charge in [-0.3, -0.25) is 14.7 Å². The van der Waals surface area contributed by atoms with Crippen LogP contribution in [-0.2, 0) is 4.74 Å². The van der Waals surface area contributed by atoms with E-state index in [2.05, 4.69) is 21.5 Å². The average molecular weight is 417 g/mol. The van der Waals surface area contributed by atoms with Crippen LogP contribution >= 0.6 is 0 Å². The minimum Gasteiger partial charge on any atom is -0.381 e. The highest BCUT2D eigenvalue weighted by molar-refractivity contribution is 5.94.